The Morgan fingerprint density at radius 3 is 2.33 bits per heavy atom. The fourth-order valence-electron chi connectivity index (χ4n) is 11.1. The van der Waals surface area contributed by atoms with Crippen LogP contribution in [0.5, 0.6) is 11.9 Å². The number of imidazole rings is 1. The third-order valence-electron chi connectivity index (χ3n) is 16.0. The minimum absolute atomic E-state index is 0.0453. The van der Waals surface area contributed by atoms with Gasteiger partial charge in [0.05, 0.1) is 77.9 Å². The number of ether oxygens (including phenoxy) is 2. The number of methoxy groups -OCH3 is 2. The van der Waals surface area contributed by atoms with E-state index in [0.717, 1.165) is 16.1 Å². The lowest BCUT2D eigenvalue weighted by atomic mass is 9.85. The maximum Gasteiger partial charge on any atom is 0.319 e. The quantitative estimate of drug-likeness (QED) is 0.0435. The van der Waals surface area contributed by atoms with Crippen molar-refractivity contribution in [1.82, 2.24) is 70.2 Å². The van der Waals surface area contributed by atoms with E-state index in [9.17, 15) is 43.1 Å². The number of alkyl halides is 1. The Bertz CT molecular complexity index is 3920. The molecule has 29 heteroatoms. The van der Waals surface area contributed by atoms with Crippen molar-refractivity contribution in [3.63, 3.8) is 0 Å². The van der Waals surface area contributed by atoms with Crippen LogP contribution in [0.1, 0.15) is 116 Å². The molecule has 5 N–H and O–H groups in total. The number of thiazole rings is 1. The number of carbonyl (C=O) groups excluding carboxylic acids is 6. The van der Waals surface area contributed by atoms with Crippen molar-refractivity contribution in [2.45, 2.75) is 128 Å². The van der Waals surface area contributed by atoms with Crippen LogP contribution in [0.25, 0.3) is 21.8 Å². The molecule has 3 aliphatic rings. The van der Waals surface area contributed by atoms with E-state index in [4.69, 9.17) is 37.7 Å². The van der Waals surface area contributed by atoms with Gasteiger partial charge >= 0.3 is 6.01 Å². The molecule has 10 rings (SSSR count). The van der Waals surface area contributed by atoms with Gasteiger partial charge in [0, 0.05) is 63.5 Å². The number of hydrogen-bond acceptors (Lipinski definition) is 17. The van der Waals surface area contributed by atoms with E-state index in [2.05, 4.69) is 46.5 Å². The summed E-state index contributed by atoms with van der Waals surface area (Å²) >= 11 is 14.3. The fourth-order valence-corrected chi connectivity index (χ4v) is 12.3. The first-order valence-electron chi connectivity index (χ1n) is 29.2. The summed E-state index contributed by atoms with van der Waals surface area (Å²) in [7, 11) is 4.41. The van der Waals surface area contributed by atoms with Gasteiger partial charge < -0.3 is 49.9 Å². The first-order valence-corrected chi connectivity index (χ1v) is 30.8. The summed E-state index contributed by atoms with van der Waals surface area (Å²) in [6.07, 6.45) is 4.09. The number of halogens is 3. The second kappa shape index (κ2) is 26.8. The molecule has 1 aliphatic carbocycles. The summed E-state index contributed by atoms with van der Waals surface area (Å²) in [6.45, 7) is 7.60. The highest BCUT2D eigenvalue weighted by atomic mass is 35.5. The van der Waals surface area contributed by atoms with E-state index in [0.29, 0.717) is 51.9 Å². The molecule has 0 radical (unpaired) electrons. The first kappa shape index (κ1) is 64.3. The SMILES string of the molecule is COc1ncc(-c2nc3c(n2CCCn2cc(CNC(=O)CCCNC(=O)C[C@H](NC(=O)[C@@H]4C[C@@H](O)CN4C(=O)[C@@H](NC(=O)C4(F)CC4)C(C)(C)C)c4ccc(-c5scnc5C)cc4)nn2)[C@H](c2ccc(Cl)cc2)N(c2cc(Cl)cn(C)c2=O)C3=O)c(OC)n1. The number of aliphatic hydroxyl groups is 1. The van der Waals surface area contributed by atoms with E-state index in [-0.39, 0.29) is 98.9 Å². The number of carbonyl (C=O) groups is 6. The summed E-state index contributed by atoms with van der Waals surface area (Å²) < 4.78 is 30.6. The average Bonchev–Trinajstić information content (AvgIpc) is 1.56. The van der Waals surface area contributed by atoms with E-state index < -0.39 is 76.5 Å². The van der Waals surface area contributed by atoms with Gasteiger partial charge in [-0.15, -0.1) is 16.4 Å². The van der Waals surface area contributed by atoms with Crippen molar-refractivity contribution in [3.05, 3.63) is 133 Å². The molecule has 0 spiro atoms. The van der Waals surface area contributed by atoms with Crippen LogP contribution in [0, 0.1) is 12.3 Å². The molecule has 6 amide bonds. The lowest BCUT2D eigenvalue weighted by molar-refractivity contribution is -0.145. The number of rotatable bonds is 24. The van der Waals surface area contributed by atoms with Crippen molar-refractivity contribution in [2.24, 2.45) is 12.5 Å². The highest BCUT2D eigenvalue weighted by Crippen LogP contribution is 2.45. The van der Waals surface area contributed by atoms with Gasteiger partial charge in [-0.3, -0.25) is 43.1 Å². The molecular formula is C61H68Cl2FN15O10S. The molecule has 7 heterocycles. The monoisotopic (exact) mass is 1290 g/mol. The number of aromatic nitrogens is 9. The van der Waals surface area contributed by atoms with Gasteiger partial charge in [-0.1, -0.05) is 85.6 Å². The van der Waals surface area contributed by atoms with Crippen molar-refractivity contribution >= 4 is 75.7 Å². The number of hydrogen-bond donors (Lipinski definition) is 5. The van der Waals surface area contributed by atoms with Gasteiger partial charge in [-0.25, -0.2) is 19.3 Å². The van der Waals surface area contributed by atoms with Crippen LogP contribution < -0.4 is 41.2 Å². The standard InChI is InChI=1S/C61H68Cl2FN15O10S/c1-33-50(90-32-68-33)36-13-11-34(12-14-36)42(69-53(83)43-25-40(80)31-78(43)57(86)51(60(2,3)4)71-58(87)61(64)19-20-61)26-46(82)65-21-8-10-45(81)66-27-39-30-76(74-73-39)22-9-23-77-49-47(70-52(77)41-28-67-59(89-7)72-54(41)88-6)56(85)79(44-24-38(63)29-75(5)55(44)84)48(49)35-15-17-37(62)18-16-35/h11-18,24,28-30,32,40,42-43,48,51,80H,8-10,19-23,25-27,31H2,1-7H3,(H,65,82)(H,66,81)(H,69,83)(H,71,87)/t40-,42+,43+,48+,51-/m1/s1. The summed E-state index contributed by atoms with van der Waals surface area (Å²) in [5.41, 5.74) is 2.75. The number of aryl methyl sites for hydroxylation is 3. The molecule has 5 atom stereocenters. The lowest BCUT2D eigenvalue weighted by Gasteiger charge is -2.36. The van der Waals surface area contributed by atoms with E-state index in [1.165, 1.54) is 58.4 Å². The zero-order valence-corrected chi connectivity index (χ0v) is 52.8. The first-order chi connectivity index (χ1) is 42.9. The van der Waals surface area contributed by atoms with Crippen LogP contribution >= 0.6 is 34.5 Å². The van der Waals surface area contributed by atoms with Gasteiger partial charge in [-0.2, -0.15) is 4.98 Å². The molecule has 90 heavy (non-hydrogen) atoms. The predicted molar refractivity (Wildman–Crippen MR) is 330 cm³/mol. The van der Waals surface area contributed by atoms with Gasteiger partial charge in [0.25, 0.3) is 17.4 Å². The van der Waals surface area contributed by atoms with Crippen molar-refractivity contribution < 1.29 is 47.7 Å². The van der Waals surface area contributed by atoms with Crippen LogP contribution in [-0.4, -0.2) is 141 Å². The number of β-amino-alcohol motifs (C(OH)–C–C–N with tert-alkyl or cyclic N) is 1. The highest BCUT2D eigenvalue weighted by molar-refractivity contribution is 7.13. The molecule has 474 valence electrons. The van der Waals surface area contributed by atoms with Gasteiger partial charge in [0.1, 0.15) is 35.3 Å². The van der Waals surface area contributed by atoms with Crippen molar-refractivity contribution in [1.29, 1.82) is 0 Å². The van der Waals surface area contributed by atoms with Gasteiger partial charge in [0.15, 0.2) is 11.4 Å². The van der Waals surface area contributed by atoms with Crippen LogP contribution in [0.15, 0.2) is 83.5 Å². The van der Waals surface area contributed by atoms with E-state index in [1.807, 2.05) is 23.6 Å². The summed E-state index contributed by atoms with van der Waals surface area (Å²) in [6, 6.07) is 11.6. The zero-order valence-electron chi connectivity index (χ0n) is 50.5. The zero-order chi connectivity index (χ0) is 64.3. The summed E-state index contributed by atoms with van der Waals surface area (Å²) in [4.78, 5) is 118. The minimum atomic E-state index is -2.05. The summed E-state index contributed by atoms with van der Waals surface area (Å²) in [5, 5.41) is 31.4. The average molecular weight is 1290 g/mol. The number of benzene rings is 2. The second-order valence-electron chi connectivity index (χ2n) is 23.5. The second-order valence-corrected chi connectivity index (χ2v) is 25.3. The number of pyridine rings is 1. The smallest absolute Gasteiger partial charge is 0.319 e. The molecule has 0 unspecified atom stereocenters. The number of fused-ring (bicyclic) bond motifs is 1. The minimum Gasteiger partial charge on any atom is -0.480 e. The van der Waals surface area contributed by atoms with Crippen LogP contribution in [-0.2, 0) is 50.7 Å². The van der Waals surface area contributed by atoms with Gasteiger partial charge in [-0.05, 0) is 72.9 Å². The molecule has 0 bridgehead atoms. The Morgan fingerprint density at radius 1 is 0.911 bits per heavy atom. The molecule has 7 aromatic rings. The highest BCUT2D eigenvalue weighted by Gasteiger charge is 2.54. The molecule has 2 fully saturated rings. The molecule has 2 aromatic carbocycles. The largest absolute Gasteiger partial charge is 0.480 e. The molecule has 25 nitrogen and oxygen atoms in total. The van der Waals surface area contributed by atoms with E-state index >= 15 is 0 Å². The number of nitrogens with zero attached hydrogens (tertiary/aromatic N) is 11. The molecular weight excluding hydrogens is 1220 g/mol. The number of likely N-dealkylation sites (tertiary alicyclic amines) is 1. The number of anilines is 1. The van der Waals surface area contributed by atoms with Crippen molar-refractivity contribution in [2.75, 3.05) is 32.2 Å². The molecule has 1 saturated carbocycles. The lowest BCUT2D eigenvalue weighted by Crippen LogP contribution is -2.59. The number of amides is 6. The fraction of sp³-hybridized carbons (Fsp3) is 0.426. The van der Waals surface area contributed by atoms with Gasteiger partial charge in [0.2, 0.25) is 29.5 Å². The summed E-state index contributed by atoms with van der Waals surface area (Å²) in [5.74, 6) is -2.99. The number of nitrogens with one attached hydrogen (secondary N) is 4. The Balaban J connectivity index is 0.768. The third kappa shape index (κ3) is 14.0. The Kier molecular flexibility index (Phi) is 19.2. The molecule has 5 aromatic heterocycles. The molecule has 2 aliphatic heterocycles. The normalized spacial score (nSPS) is 17.4. The Hall–Kier alpha value is -8.66. The number of aliphatic hydroxyl groups excluding tert-OH is 1. The topological polar surface area (TPSA) is 305 Å². The van der Waals surface area contributed by atoms with Crippen LogP contribution in [0.4, 0.5) is 10.1 Å². The maximum atomic E-state index is 14.8. The third-order valence-corrected chi connectivity index (χ3v) is 17.4. The molecule has 1 saturated heterocycles. The van der Waals surface area contributed by atoms with Crippen LogP contribution in [0.2, 0.25) is 10.0 Å². The van der Waals surface area contributed by atoms with Crippen LogP contribution in [0.3, 0.4) is 0 Å². The van der Waals surface area contributed by atoms with E-state index in [1.54, 1.807) is 80.6 Å². The van der Waals surface area contributed by atoms with Crippen molar-refractivity contribution in [3.8, 4) is 33.7 Å². The predicted octanol–water partition coefficient (Wildman–Crippen LogP) is 5.98. The maximum absolute atomic E-state index is 14.8. The Morgan fingerprint density at radius 2 is 1.66 bits per heavy atom. The Labute approximate surface area is 530 Å².